The van der Waals surface area contributed by atoms with E-state index in [-0.39, 0.29) is 0 Å². The standard InChI is InChI=1S/C17H30/c1-3-15-9-5-7-12-17(14-11-15)13-8-6-10-16(17)4-2/h3,15-16H,1,4-14H2,2H3. The number of hydrogen-bond donors (Lipinski definition) is 0. The summed E-state index contributed by atoms with van der Waals surface area (Å²) in [6.07, 6.45) is 18.4. The lowest BCUT2D eigenvalue weighted by molar-refractivity contribution is 0.0526. The molecule has 2 fully saturated rings. The smallest absolute Gasteiger partial charge is 0.0236 e. The molecule has 0 amide bonds. The molecule has 0 saturated heterocycles. The molecule has 2 saturated carbocycles. The molecule has 0 aromatic heterocycles. The van der Waals surface area contributed by atoms with Crippen LogP contribution in [0.2, 0.25) is 0 Å². The first-order chi connectivity index (χ1) is 8.30. The van der Waals surface area contributed by atoms with E-state index in [0.717, 1.165) is 17.3 Å². The Bertz CT molecular complexity index is 242. The van der Waals surface area contributed by atoms with Crippen LogP contribution in [0.25, 0.3) is 0 Å². The highest BCUT2D eigenvalue weighted by Crippen LogP contribution is 2.51. The minimum atomic E-state index is 0.731. The fraction of sp³-hybridized carbons (Fsp3) is 0.882. The number of rotatable bonds is 2. The van der Waals surface area contributed by atoms with Crippen molar-refractivity contribution in [3.8, 4) is 0 Å². The van der Waals surface area contributed by atoms with E-state index < -0.39 is 0 Å². The highest BCUT2D eigenvalue weighted by Gasteiger charge is 2.39. The normalized spacial score (nSPS) is 39.6. The monoisotopic (exact) mass is 234 g/mol. The molecule has 2 rings (SSSR count). The van der Waals surface area contributed by atoms with Gasteiger partial charge in [-0.2, -0.15) is 0 Å². The molecule has 1 spiro atoms. The second kappa shape index (κ2) is 6.07. The van der Waals surface area contributed by atoms with Crippen molar-refractivity contribution < 1.29 is 0 Å². The number of hydrogen-bond acceptors (Lipinski definition) is 0. The van der Waals surface area contributed by atoms with E-state index in [0.29, 0.717) is 0 Å². The average Bonchev–Trinajstić information content (AvgIpc) is 2.35. The van der Waals surface area contributed by atoms with Gasteiger partial charge in [-0.05, 0) is 55.8 Å². The van der Waals surface area contributed by atoms with Crippen LogP contribution in [0.3, 0.4) is 0 Å². The summed E-state index contributed by atoms with van der Waals surface area (Å²) < 4.78 is 0. The van der Waals surface area contributed by atoms with Crippen molar-refractivity contribution in [3.05, 3.63) is 12.7 Å². The topological polar surface area (TPSA) is 0 Å². The third-order valence-electron chi connectivity index (χ3n) is 5.68. The summed E-state index contributed by atoms with van der Waals surface area (Å²) in [4.78, 5) is 0. The zero-order valence-electron chi connectivity index (χ0n) is 11.7. The highest BCUT2D eigenvalue weighted by molar-refractivity contribution is 4.92. The molecule has 0 heteroatoms. The predicted octanol–water partition coefficient (Wildman–Crippen LogP) is 5.73. The van der Waals surface area contributed by atoms with Crippen molar-refractivity contribution in [2.24, 2.45) is 17.3 Å². The Morgan fingerprint density at radius 3 is 2.35 bits per heavy atom. The quantitative estimate of drug-likeness (QED) is 0.535. The van der Waals surface area contributed by atoms with E-state index in [2.05, 4.69) is 19.6 Å². The number of allylic oxidation sites excluding steroid dienone is 1. The van der Waals surface area contributed by atoms with Gasteiger partial charge in [-0.3, -0.25) is 0 Å². The van der Waals surface area contributed by atoms with E-state index in [9.17, 15) is 0 Å². The van der Waals surface area contributed by atoms with Crippen LogP contribution in [0.5, 0.6) is 0 Å². The third-order valence-corrected chi connectivity index (χ3v) is 5.68. The van der Waals surface area contributed by atoms with Gasteiger partial charge in [0.25, 0.3) is 0 Å². The van der Waals surface area contributed by atoms with Gasteiger partial charge in [-0.15, -0.1) is 6.58 Å². The van der Waals surface area contributed by atoms with Crippen molar-refractivity contribution in [2.75, 3.05) is 0 Å². The third kappa shape index (κ3) is 2.95. The Morgan fingerprint density at radius 2 is 1.71 bits per heavy atom. The van der Waals surface area contributed by atoms with Gasteiger partial charge < -0.3 is 0 Å². The first kappa shape index (κ1) is 13.2. The molecule has 0 aromatic carbocycles. The largest absolute Gasteiger partial charge is 0.103 e. The Morgan fingerprint density at radius 1 is 1.00 bits per heavy atom. The molecule has 2 aliphatic rings. The van der Waals surface area contributed by atoms with E-state index in [1.807, 2.05) is 0 Å². The average molecular weight is 234 g/mol. The molecule has 2 aliphatic carbocycles. The fourth-order valence-electron chi connectivity index (χ4n) is 4.53. The molecule has 17 heavy (non-hydrogen) atoms. The van der Waals surface area contributed by atoms with Gasteiger partial charge in [0, 0.05) is 0 Å². The first-order valence-corrected chi connectivity index (χ1v) is 7.93. The molecule has 0 radical (unpaired) electrons. The molecule has 0 bridgehead atoms. The predicted molar refractivity (Wildman–Crippen MR) is 76.1 cm³/mol. The molecule has 3 unspecified atom stereocenters. The van der Waals surface area contributed by atoms with Crippen LogP contribution in [-0.4, -0.2) is 0 Å². The Balaban J connectivity index is 2.06. The van der Waals surface area contributed by atoms with Gasteiger partial charge in [0.1, 0.15) is 0 Å². The van der Waals surface area contributed by atoms with Gasteiger partial charge in [0.05, 0.1) is 0 Å². The zero-order chi connectivity index (χ0) is 12.1. The molecular weight excluding hydrogens is 204 g/mol. The SMILES string of the molecule is C=CC1CCCCC2(CCCCC2CC)CC1. The van der Waals surface area contributed by atoms with Gasteiger partial charge in [-0.25, -0.2) is 0 Å². The van der Waals surface area contributed by atoms with Gasteiger partial charge in [0.15, 0.2) is 0 Å². The maximum Gasteiger partial charge on any atom is -0.0236 e. The Hall–Kier alpha value is -0.260. The Kier molecular flexibility index (Phi) is 4.70. The van der Waals surface area contributed by atoms with Crippen LogP contribution in [0.1, 0.15) is 77.6 Å². The zero-order valence-corrected chi connectivity index (χ0v) is 11.7. The van der Waals surface area contributed by atoms with Crippen LogP contribution in [0, 0.1) is 17.3 Å². The lowest BCUT2D eigenvalue weighted by Gasteiger charge is -2.46. The minimum absolute atomic E-state index is 0.731. The molecule has 3 atom stereocenters. The summed E-state index contributed by atoms with van der Waals surface area (Å²) in [6, 6.07) is 0. The van der Waals surface area contributed by atoms with E-state index in [1.165, 1.54) is 70.6 Å². The van der Waals surface area contributed by atoms with Crippen molar-refractivity contribution in [1.82, 2.24) is 0 Å². The van der Waals surface area contributed by atoms with Crippen LogP contribution in [0.15, 0.2) is 12.7 Å². The van der Waals surface area contributed by atoms with Crippen LogP contribution in [-0.2, 0) is 0 Å². The van der Waals surface area contributed by atoms with Crippen molar-refractivity contribution in [2.45, 2.75) is 77.6 Å². The molecule has 0 heterocycles. The first-order valence-electron chi connectivity index (χ1n) is 7.93. The van der Waals surface area contributed by atoms with Crippen molar-refractivity contribution in [1.29, 1.82) is 0 Å². The Labute approximate surface area is 108 Å². The highest BCUT2D eigenvalue weighted by atomic mass is 14.4. The summed E-state index contributed by atoms with van der Waals surface area (Å²) in [5.41, 5.74) is 0.731. The van der Waals surface area contributed by atoms with E-state index in [4.69, 9.17) is 0 Å². The van der Waals surface area contributed by atoms with Crippen molar-refractivity contribution in [3.63, 3.8) is 0 Å². The maximum absolute atomic E-state index is 4.03. The second-order valence-electron chi connectivity index (χ2n) is 6.49. The van der Waals surface area contributed by atoms with E-state index >= 15 is 0 Å². The summed E-state index contributed by atoms with van der Waals surface area (Å²) in [5, 5.41) is 0. The van der Waals surface area contributed by atoms with Crippen LogP contribution in [0.4, 0.5) is 0 Å². The van der Waals surface area contributed by atoms with E-state index in [1.54, 1.807) is 0 Å². The molecule has 98 valence electrons. The van der Waals surface area contributed by atoms with Crippen molar-refractivity contribution >= 4 is 0 Å². The lowest BCUT2D eigenvalue weighted by atomic mass is 9.59. The fourth-order valence-corrected chi connectivity index (χ4v) is 4.53. The second-order valence-corrected chi connectivity index (χ2v) is 6.49. The van der Waals surface area contributed by atoms with Crippen LogP contribution < -0.4 is 0 Å². The van der Waals surface area contributed by atoms with Gasteiger partial charge >= 0.3 is 0 Å². The molecule has 0 aliphatic heterocycles. The van der Waals surface area contributed by atoms with Gasteiger partial charge in [0.2, 0.25) is 0 Å². The molecular formula is C17H30. The summed E-state index contributed by atoms with van der Waals surface area (Å²) in [5.74, 6) is 1.84. The lowest BCUT2D eigenvalue weighted by Crippen LogP contribution is -2.35. The molecule has 0 nitrogen and oxygen atoms in total. The molecule has 0 aromatic rings. The summed E-state index contributed by atoms with van der Waals surface area (Å²) in [7, 11) is 0. The van der Waals surface area contributed by atoms with Gasteiger partial charge in [-0.1, -0.05) is 45.1 Å². The maximum atomic E-state index is 4.03. The summed E-state index contributed by atoms with van der Waals surface area (Å²) >= 11 is 0. The minimum Gasteiger partial charge on any atom is -0.103 e. The molecule has 0 N–H and O–H groups in total. The summed E-state index contributed by atoms with van der Waals surface area (Å²) in [6.45, 7) is 6.45. The van der Waals surface area contributed by atoms with Crippen LogP contribution >= 0.6 is 0 Å².